The van der Waals surface area contributed by atoms with Crippen molar-refractivity contribution >= 4 is 0 Å². The van der Waals surface area contributed by atoms with E-state index in [1.165, 1.54) is 0 Å². The fraction of sp³-hybridized carbons (Fsp3) is 1.00. The molecule has 0 amide bonds. The largest absolute Gasteiger partial charge is 0.378 e. The molecule has 0 aromatic carbocycles. The number of azide groups is 1. The van der Waals surface area contributed by atoms with Crippen LogP contribution < -0.4 is 0 Å². The quantitative estimate of drug-likeness (QED) is 0.315. The SMILES string of the molecule is [N-]=[N+]=NCC1CCCO1. The molecule has 0 saturated carbocycles. The number of hydrogen-bond acceptors (Lipinski definition) is 2. The lowest BCUT2D eigenvalue weighted by molar-refractivity contribution is 0.117. The Morgan fingerprint density at radius 2 is 2.67 bits per heavy atom. The van der Waals surface area contributed by atoms with Gasteiger partial charge in [-0.1, -0.05) is 5.11 Å². The molecule has 1 rings (SSSR count). The van der Waals surface area contributed by atoms with Crippen LogP contribution in [0.4, 0.5) is 0 Å². The van der Waals surface area contributed by atoms with Crippen LogP contribution in [0.25, 0.3) is 10.4 Å². The predicted octanol–water partition coefficient (Wildman–Crippen LogP) is 1.48. The topological polar surface area (TPSA) is 58.0 Å². The van der Waals surface area contributed by atoms with Gasteiger partial charge in [0.05, 0.1) is 12.6 Å². The molecular weight excluding hydrogens is 118 g/mol. The minimum absolute atomic E-state index is 0.195. The van der Waals surface area contributed by atoms with Crippen LogP contribution in [0.15, 0.2) is 5.11 Å². The zero-order chi connectivity index (χ0) is 6.53. The highest BCUT2D eigenvalue weighted by atomic mass is 16.5. The molecule has 0 radical (unpaired) electrons. The lowest BCUT2D eigenvalue weighted by Gasteiger charge is -2.01. The second-order valence-corrected chi connectivity index (χ2v) is 2.05. The van der Waals surface area contributed by atoms with Gasteiger partial charge in [-0.05, 0) is 18.4 Å². The number of ether oxygens (including phenoxy) is 1. The van der Waals surface area contributed by atoms with Gasteiger partial charge in [-0.2, -0.15) is 0 Å². The summed E-state index contributed by atoms with van der Waals surface area (Å²) in [6, 6.07) is 0. The van der Waals surface area contributed by atoms with Crippen molar-refractivity contribution in [2.24, 2.45) is 5.11 Å². The van der Waals surface area contributed by atoms with Gasteiger partial charge in [0.25, 0.3) is 0 Å². The lowest BCUT2D eigenvalue weighted by atomic mass is 10.2. The third-order valence-corrected chi connectivity index (χ3v) is 1.37. The smallest absolute Gasteiger partial charge is 0.0632 e. The van der Waals surface area contributed by atoms with Crippen LogP contribution in [-0.2, 0) is 4.74 Å². The molecule has 0 aromatic heterocycles. The number of rotatable bonds is 2. The summed E-state index contributed by atoms with van der Waals surface area (Å²) < 4.78 is 5.19. The summed E-state index contributed by atoms with van der Waals surface area (Å²) in [4.78, 5) is 2.64. The summed E-state index contributed by atoms with van der Waals surface area (Å²) in [5, 5.41) is 3.41. The molecular formula is C5H9N3O. The summed E-state index contributed by atoms with van der Waals surface area (Å²) in [6.45, 7) is 1.32. The van der Waals surface area contributed by atoms with E-state index in [1.54, 1.807) is 0 Å². The highest BCUT2D eigenvalue weighted by Crippen LogP contribution is 2.11. The van der Waals surface area contributed by atoms with E-state index in [0.29, 0.717) is 6.54 Å². The molecule has 4 heteroatoms. The number of hydrogen-bond donors (Lipinski definition) is 0. The van der Waals surface area contributed by atoms with E-state index >= 15 is 0 Å². The minimum Gasteiger partial charge on any atom is -0.378 e. The van der Waals surface area contributed by atoms with Gasteiger partial charge in [0, 0.05) is 11.5 Å². The summed E-state index contributed by atoms with van der Waals surface area (Å²) in [7, 11) is 0. The Hall–Kier alpha value is -0.730. The van der Waals surface area contributed by atoms with E-state index in [2.05, 4.69) is 10.0 Å². The van der Waals surface area contributed by atoms with Crippen LogP contribution in [0.3, 0.4) is 0 Å². The molecule has 1 aliphatic heterocycles. The van der Waals surface area contributed by atoms with Gasteiger partial charge >= 0.3 is 0 Å². The molecule has 9 heavy (non-hydrogen) atoms. The van der Waals surface area contributed by atoms with Crippen molar-refractivity contribution in [1.29, 1.82) is 0 Å². The third kappa shape index (κ3) is 1.91. The van der Waals surface area contributed by atoms with E-state index in [0.717, 1.165) is 19.4 Å². The van der Waals surface area contributed by atoms with Crippen molar-refractivity contribution in [3.63, 3.8) is 0 Å². The molecule has 4 nitrogen and oxygen atoms in total. The van der Waals surface area contributed by atoms with Crippen LogP contribution in [0, 0.1) is 0 Å². The lowest BCUT2D eigenvalue weighted by Crippen LogP contribution is -2.07. The first kappa shape index (κ1) is 6.39. The molecule has 0 aliphatic carbocycles. The van der Waals surface area contributed by atoms with Gasteiger partial charge in [-0.3, -0.25) is 0 Å². The van der Waals surface area contributed by atoms with Gasteiger partial charge in [0.2, 0.25) is 0 Å². The second kappa shape index (κ2) is 3.33. The van der Waals surface area contributed by atoms with Gasteiger partial charge in [0.15, 0.2) is 0 Å². The molecule has 0 N–H and O–H groups in total. The minimum atomic E-state index is 0.195. The fourth-order valence-electron chi connectivity index (χ4n) is 0.916. The van der Waals surface area contributed by atoms with Crippen molar-refractivity contribution < 1.29 is 4.74 Å². The molecule has 0 bridgehead atoms. The van der Waals surface area contributed by atoms with Gasteiger partial charge < -0.3 is 4.74 Å². The molecule has 1 saturated heterocycles. The summed E-state index contributed by atoms with van der Waals surface area (Å²) >= 11 is 0. The van der Waals surface area contributed by atoms with Crippen LogP contribution in [0.5, 0.6) is 0 Å². The van der Waals surface area contributed by atoms with E-state index in [-0.39, 0.29) is 6.10 Å². The molecule has 1 fully saturated rings. The maximum absolute atomic E-state index is 7.93. The summed E-state index contributed by atoms with van der Waals surface area (Å²) in [5.41, 5.74) is 7.93. The standard InChI is InChI=1S/C5H9N3O/c6-8-7-4-5-2-1-3-9-5/h5H,1-4H2. The van der Waals surface area contributed by atoms with Gasteiger partial charge in [0.1, 0.15) is 0 Å². The molecule has 1 atom stereocenters. The Morgan fingerprint density at radius 3 is 3.22 bits per heavy atom. The Bertz CT molecular complexity index is 124. The molecule has 50 valence electrons. The van der Waals surface area contributed by atoms with Crippen LogP contribution in [0.2, 0.25) is 0 Å². The average Bonchev–Trinajstić information content (AvgIpc) is 2.34. The molecule has 1 unspecified atom stereocenters. The third-order valence-electron chi connectivity index (χ3n) is 1.37. The van der Waals surface area contributed by atoms with E-state index in [1.807, 2.05) is 0 Å². The molecule has 0 spiro atoms. The van der Waals surface area contributed by atoms with Crippen LogP contribution in [0.1, 0.15) is 12.8 Å². The first-order valence-electron chi connectivity index (χ1n) is 3.06. The zero-order valence-electron chi connectivity index (χ0n) is 5.16. The maximum atomic E-state index is 7.93. The summed E-state index contributed by atoms with van der Waals surface area (Å²) in [6.07, 6.45) is 2.34. The monoisotopic (exact) mass is 127 g/mol. The Morgan fingerprint density at radius 1 is 1.78 bits per heavy atom. The van der Waals surface area contributed by atoms with Gasteiger partial charge in [-0.15, -0.1) is 0 Å². The van der Waals surface area contributed by atoms with Crippen molar-refractivity contribution in [2.45, 2.75) is 18.9 Å². The van der Waals surface area contributed by atoms with Crippen molar-refractivity contribution in [2.75, 3.05) is 13.2 Å². The molecule has 1 heterocycles. The first-order chi connectivity index (χ1) is 4.43. The number of nitrogens with zero attached hydrogens (tertiary/aromatic N) is 3. The highest BCUT2D eigenvalue weighted by molar-refractivity contribution is 4.66. The van der Waals surface area contributed by atoms with Gasteiger partial charge in [-0.25, -0.2) is 0 Å². The first-order valence-corrected chi connectivity index (χ1v) is 3.06. The Balaban J connectivity index is 2.18. The van der Waals surface area contributed by atoms with E-state index in [9.17, 15) is 0 Å². The van der Waals surface area contributed by atoms with Crippen molar-refractivity contribution in [3.05, 3.63) is 10.4 Å². The van der Waals surface area contributed by atoms with Crippen molar-refractivity contribution in [1.82, 2.24) is 0 Å². The Labute approximate surface area is 53.4 Å². The average molecular weight is 127 g/mol. The fourth-order valence-corrected chi connectivity index (χ4v) is 0.916. The van der Waals surface area contributed by atoms with E-state index in [4.69, 9.17) is 10.3 Å². The predicted molar refractivity (Wildman–Crippen MR) is 33.0 cm³/mol. The second-order valence-electron chi connectivity index (χ2n) is 2.05. The van der Waals surface area contributed by atoms with E-state index < -0.39 is 0 Å². The highest BCUT2D eigenvalue weighted by Gasteiger charge is 2.13. The normalized spacial score (nSPS) is 25.6. The summed E-state index contributed by atoms with van der Waals surface area (Å²) in [5.74, 6) is 0. The van der Waals surface area contributed by atoms with Crippen molar-refractivity contribution in [3.8, 4) is 0 Å². The molecule has 1 aliphatic rings. The Kier molecular flexibility index (Phi) is 2.36. The maximum Gasteiger partial charge on any atom is 0.0632 e. The molecule has 0 aromatic rings. The zero-order valence-corrected chi connectivity index (χ0v) is 5.16. The van der Waals surface area contributed by atoms with Crippen LogP contribution in [-0.4, -0.2) is 19.3 Å². The van der Waals surface area contributed by atoms with Crippen LogP contribution >= 0.6 is 0 Å².